The highest BCUT2D eigenvalue weighted by Crippen LogP contribution is 2.35. The van der Waals surface area contributed by atoms with Crippen LogP contribution in [-0.2, 0) is 27.2 Å². The van der Waals surface area contributed by atoms with Crippen molar-refractivity contribution in [3.8, 4) is 0 Å². The highest BCUT2D eigenvalue weighted by molar-refractivity contribution is 5.83. The van der Waals surface area contributed by atoms with E-state index in [1.54, 1.807) is 0 Å². The van der Waals surface area contributed by atoms with Gasteiger partial charge in [0, 0.05) is 19.5 Å². The number of likely N-dealkylation sites (tertiary alicyclic amines) is 1. The molecule has 3 N–H and O–H groups in total. The van der Waals surface area contributed by atoms with Crippen molar-refractivity contribution >= 4 is 11.9 Å². The standard InChI is InChI=1S/C26H34N2O3.ClH/c1-2-31-25(30)26(19-22-13-7-4-8-14-22)17-10-18-28(20-26)24(29)23(27)16-9-15-21-11-5-3-6-12-21;/h3-8,11-14,23H,2,9-10,15-20,27H2,1H3;1H/t23-,26+;/m1./s1. The molecule has 1 saturated heterocycles. The highest BCUT2D eigenvalue weighted by Gasteiger charge is 2.45. The third-order valence-corrected chi connectivity index (χ3v) is 6.19. The van der Waals surface area contributed by atoms with Crippen LogP contribution in [0.15, 0.2) is 60.7 Å². The van der Waals surface area contributed by atoms with E-state index >= 15 is 0 Å². The second-order valence-corrected chi connectivity index (χ2v) is 8.60. The summed E-state index contributed by atoms with van der Waals surface area (Å²) in [7, 11) is 0. The van der Waals surface area contributed by atoms with Crippen molar-refractivity contribution in [2.45, 2.75) is 51.5 Å². The van der Waals surface area contributed by atoms with Crippen LogP contribution in [0.3, 0.4) is 0 Å². The smallest absolute Gasteiger partial charge is 0.314 e. The molecule has 0 radical (unpaired) electrons. The number of benzene rings is 2. The van der Waals surface area contributed by atoms with Gasteiger partial charge in [-0.15, -0.1) is 0 Å². The maximum atomic E-state index is 13.2. The zero-order chi connectivity index (χ0) is 22.1. The second-order valence-electron chi connectivity index (χ2n) is 8.60. The lowest BCUT2D eigenvalue weighted by atomic mass is 9.75. The van der Waals surface area contributed by atoms with Gasteiger partial charge in [0.25, 0.3) is 5.91 Å². The van der Waals surface area contributed by atoms with E-state index in [9.17, 15) is 9.59 Å². The Bertz CT molecular complexity index is 847. The average Bonchev–Trinajstić information content (AvgIpc) is 2.80. The largest absolute Gasteiger partial charge is 1.00 e. The Morgan fingerprint density at radius 1 is 1.06 bits per heavy atom. The van der Waals surface area contributed by atoms with E-state index in [0.717, 1.165) is 37.7 Å². The fraction of sp³-hybridized carbons (Fsp3) is 0.462. The van der Waals surface area contributed by atoms with Gasteiger partial charge in [-0.1, -0.05) is 60.7 Å². The number of carbonyl (C=O) groups is 2. The topological polar surface area (TPSA) is 74.2 Å². The van der Waals surface area contributed by atoms with Gasteiger partial charge in [-0.2, -0.15) is 0 Å². The van der Waals surface area contributed by atoms with Gasteiger partial charge in [0.05, 0.1) is 12.0 Å². The van der Waals surface area contributed by atoms with Crippen LogP contribution in [0.25, 0.3) is 0 Å². The zero-order valence-electron chi connectivity index (χ0n) is 19.0. The number of esters is 1. The van der Waals surface area contributed by atoms with E-state index in [1.165, 1.54) is 5.56 Å². The third-order valence-electron chi connectivity index (χ3n) is 6.19. The number of hydrogen-bond donors (Lipinski definition) is 1. The molecule has 1 aliphatic rings. The lowest BCUT2D eigenvalue weighted by Gasteiger charge is -2.41. The fourth-order valence-corrected chi connectivity index (χ4v) is 4.55. The molecule has 0 bridgehead atoms. The summed E-state index contributed by atoms with van der Waals surface area (Å²) in [5, 5.41) is 0. The Balaban J connectivity index is 0.00000363. The number of hydrogen-bond acceptors (Lipinski definition) is 3. The third kappa shape index (κ3) is 6.81. The van der Waals surface area contributed by atoms with Crippen molar-refractivity contribution < 1.29 is 32.5 Å². The Labute approximate surface area is 197 Å². The molecule has 0 spiro atoms. The average molecular weight is 459 g/mol. The van der Waals surface area contributed by atoms with Gasteiger partial charge in [0.2, 0.25) is 0 Å². The molecule has 2 atom stereocenters. The Morgan fingerprint density at radius 2 is 1.69 bits per heavy atom. The summed E-state index contributed by atoms with van der Waals surface area (Å²) in [6.07, 6.45) is 4.74. The molecule has 1 amide bonds. The second kappa shape index (κ2) is 12.6. The molecule has 1 fully saturated rings. The quantitative estimate of drug-likeness (QED) is 0.539. The van der Waals surface area contributed by atoms with E-state index in [1.807, 2.05) is 60.4 Å². The monoisotopic (exact) mass is 458 g/mol. The maximum absolute atomic E-state index is 13.2. The van der Waals surface area contributed by atoms with Crippen LogP contribution in [0.4, 0.5) is 0 Å². The number of rotatable bonds is 9. The molecule has 6 heteroatoms. The van der Waals surface area contributed by atoms with E-state index in [-0.39, 0.29) is 30.3 Å². The first-order valence-electron chi connectivity index (χ1n) is 11.4. The summed E-state index contributed by atoms with van der Waals surface area (Å²) in [6.45, 7) is 3.27. The van der Waals surface area contributed by atoms with Crippen molar-refractivity contribution in [1.29, 1.82) is 0 Å². The molecule has 5 nitrogen and oxygen atoms in total. The van der Waals surface area contributed by atoms with Gasteiger partial charge in [-0.3, -0.25) is 9.59 Å². The molecule has 3 rings (SSSR count). The summed E-state index contributed by atoms with van der Waals surface area (Å²) in [5.74, 6) is -0.143. The molecule has 174 valence electrons. The molecular formula is C26H35ClN2O3. The summed E-state index contributed by atoms with van der Waals surface area (Å²) in [6, 6.07) is 20.0. The number of aryl methyl sites for hydroxylation is 1. The molecule has 0 aliphatic carbocycles. The SMILES string of the molecule is CCOC(=O)[C@]1(Cc2ccccc2)CCCN(C(=O)[C@H]([NH3+])CCCc2ccccc2)C1.[Cl-]. The predicted molar refractivity (Wildman–Crippen MR) is 121 cm³/mol. The lowest BCUT2D eigenvalue weighted by molar-refractivity contribution is -0.407. The molecule has 0 saturated carbocycles. The van der Waals surface area contributed by atoms with E-state index in [0.29, 0.717) is 26.1 Å². The van der Waals surface area contributed by atoms with Crippen LogP contribution in [-0.4, -0.2) is 42.5 Å². The van der Waals surface area contributed by atoms with E-state index < -0.39 is 5.41 Å². The van der Waals surface area contributed by atoms with E-state index in [2.05, 4.69) is 17.9 Å². The number of halogens is 1. The number of nitrogens with zero attached hydrogens (tertiary/aromatic N) is 1. The number of piperidine rings is 1. The normalized spacial score (nSPS) is 19.0. The van der Waals surface area contributed by atoms with Gasteiger partial charge >= 0.3 is 5.97 Å². The van der Waals surface area contributed by atoms with Gasteiger partial charge in [-0.05, 0) is 50.2 Å². The molecule has 1 heterocycles. The number of carbonyl (C=O) groups excluding carboxylic acids is 2. The van der Waals surface area contributed by atoms with Crippen LogP contribution < -0.4 is 18.1 Å². The Morgan fingerprint density at radius 3 is 2.31 bits per heavy atom. The van der Waals surface area contributed by atoms with Gasteiger partial charge in [0.1, 0.15) is 0 Å². The van der Waals surface area contributed by atoms with Gasteiger partial charge in [0.15, 0.2) is 6.04 Å². The van der Waals surface area contributed by atoms with Crippen LogP contribution in [0.2, 0.25) is 0 Å². The highest BCUT2D eigenvalue weighted by atomic mass is 35.5. The minimum Gasteiger partial charge on any atom is -1.00 e. The van der Waals surface area contributed by atoms with Crippen molar-refractivity contribution in [3.05, 3.63) is 71.8 Å². The number of amides is 1. The van der Waals surface area contributed by atoms with Crippen LogP contribution in [0.1, 0.15) is 43.7 Å². The maximum Gasteiger partial charge on any atom is 0.314 e. The van der Waals surface area contributed by atoms with Crippen LogP contribution in [0.5, 0.6) is 0 Å². The van der Waals surface area contributed by atoms with Crippen molar-refractivity contribution in [3.63, 3.8) is 0 Å². The fourth-order valence-electron chi connectivity index (χ4n) is 4.55. The minimum atomic E-state index is -0.685. The first-order chi connectivity index (χ1) is 15.0. The van der Waals surface area contributed by atoms with E-state index in [4.69, 9.17) is 4.74 Å². The van der Waals surface area contributed by atoms with Gasteiger partial charge in [-0.25, -0.2) is 0 Å². The number of ether oxygens (including phenoxy) is 1. The van der Waals surface area contributed by atoms with Gasteiger partial charge < -0.3 is 27.8 Å². The Hall–Kier alpha value is -2.37. The molecule has 0 aromatic heterocycles. The molecule has 1 aliphatic heterocycles. The molecule has 0 unspecified atom stereocenters. The first kappa shape index (κ1) is 25.9. The summed E-state index contributed by atoms with van der Waals surface area (Å²) in [5.41, 5.74) is 5.84. The summed E-state index contributed by atoms with van der Waals surface area (Å²) < 4.78 is 5.47. The molecule has 2 aromatic rings. The van der Waals surface area contributed by atoms with Crippen molar-refractivity contribution in [2.75, 3.05) is 19.7 Å². The van der Waals surface area contributed by atoms with Crippen molar-refractivity contribution in [1.82, 2.24) is 4.90 Å². The molecule has 32 heavy (non-hydrogen) atoms. The number of quaternary nitrogens is 1. The minimum absolute atomic E-state index is 0. The lowest BCUT2D eigenvalue weighted by Crippen LogP contribution is -3.00. The van der Waals surface area contributed by atoms with Crippen molar-refractivity contribution in [2.24, 2.45) is 5.41 Å². The zero-order valence-corrected chi connectivity index (χ0v) is 19.7. The molecular weight excluding hydrogens is 424 g/mol. The Kier molecular flexibility index (Phi) is 10.2. The van der Waals surface area contributed by atoms with Crippen LogP contribution in [0, 0.1) is 5.41 Å². The summed E-state index contributed by atoms with van der Waals surface area (Å²) >= 11 is 0. The van der Waals surface area contributed by atoms with Crippen LogP contribution >= 0.6 is 0 Å². The summed E-state index contributed by atoms with van der Waals surface area (Å²) in [4.78, 5) is 28.0. The first-order valence-corrected chi connectivity index (χ1v) is 11.4. The molecule has 2 aromatic carbocycles. The predicted octanol–water partition coefficient (Wildman–Crippen LogP) is 0.0384.